The van der Waals surface area contributed by atoms with Crippen LogP contribution in [0, 0.1) is 0 Å². The summed E-state index contributed by atoms with van der Waals surface area (Å²) in [6.45, 7) is 2.06. The van der Waals surface area contributed by atoms with E-state index in [1.54, 1.807) is 4.90 Å². The van der Waals surface area contributed by atoms with Gasteiger partial charge in [-0.15, -0.1) is 11.3 Å². The lowest BCUT2D eigenvalue weighted by Crippen LogP contribution is -2.51. The predicted octanol–water partition coefficient (Wildman–Crippen LogP) is 1.79. The maximum atomic E-state index is 12.3. The van der Waals surface area contributed by atoms with Gasteiger partial charge in [-0.2, -0.15) is 0 Å². The van der Waals surface area contributed by atoms with E-state index in [1.165, 1.54) is 48.0 Å². The van der Waals surface area contributed by atoms with Gasteiger partial charge in [0.05, 0.1) is 4.88 Å². The molecule has 0 bridgehead atoms. The number of rotatable bonds is 2. The van der Waals surface area contributed by atoms with E-state index in [4.69, 9.17) is 0 Å². The van der Waals surface area contributed by atoms with Gasteiger partial charge in [-0.05, 0) is 50.2 Å². The highest BCUT2D eigenvalue weighted by Gasteiger charge is 2.32. The van der Waals surface area contributed by atoms with Crippen molar-refractivity contribution >= 4 is 29.1 Å². The van der Waals surface area contributed by atoms with Crippen LogP contribution < -0.4 is 10.9 Å². The highest BCUT2D eigenvalue weighted by atomic mass is 32.1. The molecule has 1 aliphatic carbocycles. The number of hydrogen-bond acceptors (Lipinski definition) is 4. The molecule has 6 nitrogen and oxygen atoms in total. The first-order valence-electron chi connectivity index (χ1n) is 8.55. The van der Waals surface area contributed by atoms with Crippen LogP contribution in [-0.2, 0) is 22.4 Å². The molecule has 3 amide bonds. The fraction of sp³-hybridized carbons (Fsp3) is 0.588. The molecule has 0 radical (unpaired) electrons. The number of nitrogens with zero attached hydrogens (tertiary/aromatic N) is 1. The molecule has 1 saturated heterocycles. The highest BCUT2D eigenvalue weighted by Crippen LogP contribution is 2.28. The summed E-state index contributed by atoms with van der Waals surface area (Å²) in [5.41, 5.74) is 6.24. The minimum atomic E-state index is -0.483. The zero-order valence-electron chi connectivity index (χ0n) is 13.9. The number of carbonyl (C=O) groups excluding carboxylic acids is 3. The Hall–Kier alpha value is -1.89. The van der Waals surface area contributed by atoms with Gasteiger partial charge < -0.3 is 4.90 Å². The molecule has 1 aliphatic heterocycles. The number of nitrogens with one attached hydrogen (secondary N) is 2. The molecule has 1 aromatic heterocycles. The van der Waals surface area contributed by atoms with Crippen LogP contribution in [0.3, 0.4) is 0 Å². The molecule has 3 rings (SSSR count). The summed E-state index contributed by atoms with van der Waals surface area (Å²) < 4.78 is 0. The lowest BCUT2D eigenvalue weighted by atomic mass is 10.1. The smallest absolute Gasteiger partial charge is 0.279 e. The van der Waals surface area contributed by atoms with Crippen molar-refractivity contribution < 1.29 is 14.4 Å². The number of likely N-dealkylation sites (tertiary alicyclic amines) is 1. The van der Waals surface area contributed by atoms with Crippen LogP contribution >= 0.6 is 11.3 Å². The van der Waals surface area contributed by atoms with Crippen LogP contribution in [0.4, 0.5) is 0 Å². The van der Waals surface area contributed by atoms with Crippen LogP contribution in [0.15, 0.2) is 6.07 Å². The van der Waals surface area contributed by atoms with Crippen LogP contribution in [0.1, 0.15) is 59.1 Å². The quantitative estimate of drug-likeness (QED) is 0.631. The Balaban J connectivity index is 1.57. The SMILES string of the molecule is CC(=O)N1CCC[C@@H]1C(=O)NNC(=O)c1cc2c(s1)CCCCC2. The third kappa shape index (κ3) is 3.61. The fourth-order valence-electron chi connectivity index (χ4n) is 3.46. The summed E-state index contributed by atoms with van der Waals surface area (Å²) in [5.74, 6) is -0.719. The topological polar surface area (TPSA) is 78.5 Å². The summed E-state index contributed by atoms with van der Waals surface area (Å²) >= 11 is 1.52. The molecule has 2 aliphatic rings. The second-order valence-corrected chi connectivity index (χ2v) is 7.57. The Kier molecular flexibility index (Phi) is 5.18. The van der Waals surface area contributed by atoms with Crippen molar-refractivity contribution in [2.75, 3.05) is 6.54 Å². The number of hydrogen-bond donors (Lipinski definition) is 2. The molecule has 1 fully saturated rings. The van der Waals surface area contributed by atoms with Crippen LogP contribution in [0.2, 0.25) is 0 Å². The van der Waals surface area contributed by atoms with E-state index < -0.39 is 6.04 Å². The summed E-state index contributed by atoms with van der Waals surface area (Å²) in [6, 6.07) is 1.47. The zero-order valence-corrected chi connectivity index (χ0v) is 14.7. The van der Waals surface area contributed by atoms with Gasteiger partial charge in [0.1, 0.15) is 6.04 Å². The van der Waals surface area contributed by atoms with Crippen LogP contribution in [0.25, 0.3) is 0 Å². The van der Waals surface area contributed by atoms with Gasteiger partial charge in [0.25, 0.3) is 11.8 Å². The van der Waals surface area contributed by atoms with Gasteiger partial charge in [-0.3, -0.25) is 25.2 Å². The van der Waals surface area contributed by atoms with Crippen molar-refractivity contribution in [3.05, 3.63) is 21.4 Å². The van der Waals surface area contributed by atoms with Gasteiger partial charge in [0.2, 0.25) is 5.91 Å². The van der Waals surface area contributed by atoms with E-state index in [-0.39, 0.29) is 17.7 Å². The predicted molar refractivity (Wildman–Crippen MR) is 91.6 cm³/mol. The molecule has 1 aromatic rings. The third-order valence-electron chi connectivity index (χ3n) is 4.73. The lowest BCUT2D eigenvalue weighted by Gasteiger charge is -2.22. The van der Waals surface area contributed by atoms with E-state index in [1.807, 2.05) is 6.07 Å². The van der Waals surface area contributed by atoms with Crippen molar-refractivity contribution in [3.8, 4) is 0 Å². The number of carbonyl (C=O) groups is 3. The number of aryl methyl sites for hydroxylation is 2. The minimum Gasteiger partial charge on any atom is -0.331 e. The summed E-state index contributed by atoms with van der Waals surface area (Å²) in [4.78, 5) is 39.5. The molecule has 24 heavy (non-hydrogen) atoms. The van der Waals surface area contributed by atoms with E-state index in [9.17, 15) is 14.4 Å². The van der Waals surface area contributed by atoms with Gasteiger partial charge >= 0.3 is 0 Å². The maximum absolute atomic E-state index is 12.3. The molecule has 130 valence electrons. The Morgan fingerprint density at radius 3 is 2.71 bits per heavy atom. The molecule has 0 spiro atoms. The average molecular weight is 349 g/mol. The molecule has 1 atom stereocenters. The Morgan fingerprint density at radius 2 is 1.92 bits per heavy atom. The van der Waals surface area contributed by atoms with Crippen molar-refractivity contribution in [2.24, 2.45) is 0 Å². The number of thiophene rings is 1. The van der Waals surface area contributed by atoms with E-state index in [0.717, 1.165) is 19.3 Å². The van der Waals surface area contributed by atoms with Crippen LogP contribution in [-0.4, -0.2) is 35.2 Å². The first-order valence-corrected chi connectivity index (χ1v) is 9.37. The maximum Gasteiger partial charge on any atom is 0.279 e. The fourth-order valence-corrected chi connectivity index (χ4v) is 4.61. The molecule has 7 heteroatoms. The van der Waals surface area contributed by atoms with Crippen LogP contribution in [0.5, 0.6) is 0 Å². The first-order chi connectivity index (χ1) is 11.6. The van der Waals surface area contributed by atoms with Gasteiger partial charge in [-0.1, -0.05) is 6.42 Å². The standard InChI is InChI=1S/C17H23N3O3S/c1-11(21)20-9-5-7-13(20)16(22)18-19-17(23)15-10-12-6-3-2-4-8-14(12)24-15/h10,13H,2-9H2,1H3,(H,18,22)(H,19,23)/t13-/m1/s1. The van der Waals surface area contributed by atoms with E-state index in [2.05, 4.69) is 10.9 Å². The molecule has 0 aromatic carbocycles. The Bertz CT molecular complexity index is 632. The van der Waals surface area contributed by atoms with Crippen molar-refractivity contribution in [1.82, 2.24) is 15.8 Å². The summed E-state index contributed by atoms with van der Waals surface area (Å²) in [5, 5.41) is 0. The summed E-state index contributed by atoms with van der Waals surface area (Å²) in [7, 11) is 0. The molecular weight excluding hydrogens is 326 g/mol. The van der Waals surface area contributed by atoms with Gasteiger partial charge in [0.15, 0.2) is 0 Å². The molecule has 0 saturated carbocycles. The lowest BCUT2D eigenvalue weighted by molar-refractivity contribution is -0.137. The Labute approximate surface area is 145 Å². The highest BCUT2D eigenvalue weighted by molar-refractivity contribution is 7.14. The Morgan fingerprint density at radius 1 is 1.12 bits per heavy atom. The van der Waals surface area contributed by atoms with Gasteiger partial charge in [-0.25, -0.2) is 0 Å². The molecule has 2 N–H and O–H groups in total. The van der Waals surface area contributed by atoms with Gasteiger partial charge in [0, 0.05) is 18.3 Å². The second kappa shape index (κ2) is 7.34. The van der Waals surface area contributed by atoms with Crippen molar-refractivity contribution in [2.45, 2.75) is 57.9 Å². The normalized spacial score (nSPS) is 20.2. The van der Waals surface area contributed by atoms with Crippen molar-refractivity contribution in [1.29, 1.82) is 0 Å². The second-order valence-electron chi connectivity index (χ2n) is 6.43. The van der Waals surface area contributed by atoms with E-state index in [0.29, 0.717) is 17.8 Å². The third-order valence-corrected chi connectivity index (χ3v) is 5.97. The molecule has 2 heterocycles. The average Bonchev–Trinajstić information content (AvgIpc) is 3.15. The molecular formula is C17H23N3O3S. The minimum absolute atomic E-state index is 0.110. The monoisotopic (exact) mass is 349 g/mol. The number of fused-ring (bicyclic) bond motifs is 1. The van der Waals surface area contributed by atoms with E-state index >= 15 is 0 Å². The number of hydrazine groups is 1. The number of amides is 3. The first kappa shape index (κ1) is 17.0. The largest absolute Gasteiger partial charge is 0.331 e. The molecule has 0 unspecified atom stereocenters. The zero-order chi connectivity index (χ0) is 17.1. The van der Waals surface area contributed by atoms with Crippen molar-refractivity contribution in [3.63, 3.8) is 0 Å². The summed E-state index contributed by atoms with van der Waals surface area (Å²) in [6.07, 6.45) is 7.10.